The van der Waals surface area contributed by atoms with Crippen LogP contribution in [0.1, 0.15) is 77.3 Å². The number of benzene rings is 2. The molecule has 1 atom stereocenters. The number of rotatable bonds is 10. The molecule has 3 heteroatoms. The van der Waals surface area contributed by atoms with Crippen molar-refractivity contribution in [3.8, 4) is 16.9 Å². The molecule has 162 valence electrons. The number of hydrogen-bond acceptors (Lipinski definition) is 2. The Kier molecular flexibility index (Phi) is 6.90. The third kappa shape index (κ3) is 4.71. The highest BCUT2D eigenvalue weighted by Crippen LogP contribution is 2.42. The van der Waals surface area contributed by atoms with Gasteiger partial charge in [0.1, 0.15) is 5.75 Å². The van der Waals surface area contributed by atoms with Gasteiger partial charge in [0.25, 0.3) is 0 Å². The summed E-state index contributed by atoms with van der Waals surface area (Å²) in [6, 6.07) is 14.5. The van der Waals surface area contributed by atoms with E-state index in [0.29, 0.717) is 30.6 Å². The Balaban J connectivity index is 2.16. The van der Waals surface area contributed by atoms with E-state index in [-0.39, 0.29) is 0 Å². The second-order valence-corrected chi connectivity index (χ2v) is 9.55. The lowest BCUT2D eigenvalue weighted by molar-refractivity contribution is -0.144. The number of aliphatic carboxylic acids is 1. The molecule has 0 aromatic heterocycles. The maximum absolute atomic E-state index is 12.5. The Morgan fingerprint density at radius 3 is 2.37 bits per heavy atom. The summed E-state index contributed by atoms with van der Waals surface area (Å²) in [5, 5.41) is 10.3. The molecule has 1 aliphatic rings. The molecule has 0 aliphatic heterocycles. The summed E-state index contributed by atoms with van der Waals surface area (Å²) >= 11 is 0. The van der Waals surface area contributed by atoms with Crippen LogP contribution in [0.2, 0.25) is 0 Å². The molecule has 1 unspecified atom stereocenters. The van der Waals surface area contributed by atoms with E-state index in [2.05, 4.69) is 58.0 Å². The monoisotopic (exact) mass is 408 g/mol. The van der Waals surface area contributed by atoms with Crippen molar-refractivity contribution in [1.29, 1.82) is 0 Å². The Labute approximate surface area is 181 Å². The van der Waals surface area contributed by atoms with Crippen molar-refractivity contribution < 1.29 is 14.6 Å². The summed E-state index contributed by atoms with van der Waals surface area (Å²) in [6.45, 7) is 11.3. The Hall–Kier alpha value is -2.29. The molecule has 1 saturated carbocycles. The Morgan fingerprint density at radius 2 is 1.80 bits per heavy atom. The van der Waals surface area contributed by atoms with Crippen LogP contribution in [0.3, 0.4) is 0 Å². The number of carboxylic acid groups (broad SMARTS) is 1. The van der Waals surface area contributed by atoms with Crippen molar-refractivity contribution >= 4 is 5.97 Å². The second-order valence-electron chi connectivity index (χ2n) is 9.55. The van der Waals surface area contributed by atoms with Crippen LogP contribution in [0.15, 0.2) is 42.5 Å². The summed E-state index contributed by atoms with van der Waals surface area (Å²) in [5.74, 6) is 1.44. The fraction of sp³-hybridized carbons (Fsp3) is 0.519. The van der Waals surface area contributed by atoms with Crippen LogP contribution in [0.25, 0.3) is 11.1 Å². The normalized spacial score (nSPS) is 16.0. The largest absolute Gasteiger partial charge is 0.493 e. The number of hydrogen-bond donors (Lipinski definition) is 1. The van der Waals surface area contributed by atoms with E-state index >= 15 is 0 Å². The number of carbonyl (C=O) groups is 1. The minimum absolute atomic E-state index is 0.290. The van der Waals surface area contributed by atoms with Crippen LogP contribution in [0.5, 0.6) is 5.75 Å². The topological polar surface area (TPSA) is 46.5 Å². The Morgan fingerprint density at radius 1 is 1.10 bits per heavy atom. The number of ether oxygens (including phenoxy) is 1. The smallest absolute Gasteiger partial charge is 0.314 e. The molecule has 30 heavy (non-hydrogen) atoms. The highest BCUT2D eigenvalue weighted by atomic mass is 16.5. The van der Waals surface area contributed by atoms with Crippen molar-refractivity contribution in [2.24, 2.45) is 11.8 Å². The van der Waals surface area contributed by atoms with Gasteiger partial charge in [0.2, 0.25) is 0 Å². The summed E-state index contributed by atoms with van der Waals surface area (Å²) in [5.41, 5.74) is 3.40. The molecule has 1 fully saturated rings. The van der Waals surface area contributed by atoms with Crippen molar-refractivity contribution in [1.82, 2.24) is 0 Å². The lowest BCUT2D eigenvalue weighted by atomic mass is 9.71. The fourth-order valence-corrected chi connectivity index (χ4v) is 4.43. The molecule has 0 heterocycles. The minimum atomic E-state index is -0.884. The van der Waals surface area contributed by atoms with Gasteiger partial charge >= 0.3 is 5.97 Å². The van der Waals surface area contributed by atoms with Crippen molar-refractivity contribution in [3.63, 3.8) is 0 Å². The highest BCUT2D eigenvalue weighted by Gasteiger charge is 2.39. The molecular formula is C27H36O3. The van der Waals surface area contributed by atoms with Crippen LogP contribution in [-0.2, 0) is 10.2 Å². The SMILES string of the molecule is CCC(CC(C)C)(C(=O)O)c1ccc(OCC2CC2)c(-c2ccccc2C(C)C)c1. The fourth-order valence-electron chi connectivity index (χ4n) is 4.43. The average Bonchev–Trinajstić information content (AvgIpc) is 3.54. The summed E-state index contributed by atoms with van der Waals surface area (Å²) in [4.78, 5) is 12.5. The number of carboxylic acids is 1. The molecule has 2 aromatic carbocycles. The molecule has 3 rings (SSSR count). The molecule has 0 spiro atoms. The van der Waals surface area contributed by atoms with Gasteiger partial charge in [-0.3, -0.25) is 4.79 Å². The summed E-state index contributed by atoms with van der Waals surface area (Å²) in [7, 11) is 0. The van der Waals surface area contributed by atoms with Crippen LogP contribution in [0, 0.1) is 11.8 Å². The van der Waals surface area contributed by atoms with Crippen LogP contribution in [-0.4, -0.2) is 17.7 Å². The molecule has 1 aliphatic carbocycles. The molecule has 3 nitrogen and oxygen atoms in total. The van der Waals surface area contributed by atoms with Crippen LogP contribution < -0.4 is 4.74 Å². The molecule has 0 saturated heterocycles. The van der Waals surface area contributed by atoms with E-state index in [9.17, 15) is 9.90 Å². The van der Waals surface area contributed by atoms with Gasteiger partial charge in [-0.1, -0.05) is 65.0 Å². The molecule has 1 N–H and O–H groups in total. The van der Waals surface area contributed by atoms with Gasteiger partial charge in [0, 0.05) is 5.56 Å². The molecule has 0 radical (unpaired) electrons. The average molecular weight is 409 g/mol. The van der Waals surface area contributed by atoms with Gasteiger partial charge in [0.15, 0.2) is 0 Å². The maximum Gasteiger partial charge on any atom is 0.314 e. The standard InChI is InChI=1S/C27H36O3/c1-6-27(26(28)29,16-18(2)3)21-13-14-25(30-17-20-11-12-20)24(15-21)23-10-8-7-9-22(23)19(4)5/h7-10,13-15,18-20H,6,11-12,16-17H2,1-5H3,(H,28,29). The van der Waals surface area contributed by atoms with Gasteiger partial charge in [-0.2, -0.15) is 0 Å². The summed E-state index contributed by atoms with van der Waals surface area (Å²) < 4.78 is 6.25. The highest BCUT2D eigenvalue weighted by molar-refractivity contribution is 5.83. The van der Waals surface area contributed by atoms with E-state index in [1.165, 1.54) is 18.4 Å². The van der Waals surface area contributed by atoms with Crippen molar-refractivity contribution in [2.45, 2.75) is 71.6 Å². The van der Waals surface area contributed by atoms with Crippen LogP contribution in [0.4, 0.5) is 0 Å². The van der Waals surface area contributed by atoms with E-state index in [1.807, 2.05) is 19.1 Å². The second kappa shape index (κ2) is 9.24. The van der Waals surface area contributed by atoms with Crippen LogP contribution >= 0.6 is 0 Å². The molecule has 0 amide bonds. The maximum atomic E-state index is 12.5. The molecule has 0 bridgehead atoms. The lowest BCUT2D eigenvalue weighted by Crippen LogP contribution is -2.36. The first kappa shape index (κ1) is 22.4. The zero-order chi connectivity index (χ0) is 21.9. The van der Waals surface area contributed by atoms with Crippen molar-refractivity contribution in [2.75, 3.05) is 6.61 Å². The zero-order valence-electron chi connectivity index (χ0n) is 19.1. The van der Waals surface area contributed by atoms with Gasteiger partial charge in [-0.25, -0.2) is 0 Å². The summed E-state index contributed by atoms with van der Waals surface area (Å²) in [6.07, 6.45) is 3.66. The van der Waals surface area contributed by atoms with Crippen molar-refractivity contribution in [3.05, 3.63) is 53.6 Å². The predicted molar refractivity (Wildman–Crippen MR) is 123 cm³/mol. The first-order chi connectivity index (χ1) is 14.3. The lowest BCUT2D eigenvalue weighted by Gasteiger charge is -2.31. The van der Waals surface area contributed by atoms with Gasteiger partial charge in [0.05, 0.1) is 12.0 Å². The third-order valence-corrected chi connectivity index (χ3v) is 6.35. The first-order valence-corrected chi connectivity index (χ1v) is 11.4. The van der Waals surface area contributed by atoms with E-state index < -0.39 is 11.4 Å². The first-order valence-electron chi connectivity index (χ1n) is 11.4. The Bertz CT molecular complexity index is 879. The van der Waals surface area contributed by atoms with Gasteiger partial charge in [-0.05, 0) is 72.3 Å². The zero-order valence-corrected chi connectivity index (χ0v) is 19.1. The van der Waals surface area contributed by atoms with E-state index in [1.54, 1.807) is 0 Å². The van der Waals surface area contributed by atoms with Gasteiger partial charge in [-0.15, -0.1) is 0 Å². The van der Waals surface area contributed by atoms with E-state index in [4.69, 9.17) is 4.74 Å². The minimum Gasteiger partial charge on any atom is -0.493 e. The molecule has 2 aromatic rings. The quantitative estimate of drug-likeness (QED) is 0.458. The van der Waals surface area contributed by atoms with Gasteiger partial charge < -0.3 is 9.84 Å². The predicted octanol–water partition coefficient (Wildman–Crippen LogP) is 7.04. The third-order valence-electron chi connectivity index (χ3n) is 6.35. The molecular weight excluding hydrogens is 372 g/mol. The van der Waals surface area contributed by atoms with E-state index in [0.717, 1.165) is 29.0 Å².